The van der Waals surface area contributed by atoms with E-state index in [-0.39, 0.29) is 0 Å². The van der Waals surface area contributed by atoms with Crippen LogP contribution in [0.2, 0.25) is 0 Å². The van der Waals surface area contributed by atoms with Crippen molar-refractivity contribution in [2.24, 2.45) is 4.99 Å². The first-order valence-electron chi connectivity index (χ1n) is 9.89. The lowest BCUT2D eigenvalue weighted by molar-refractivity contribution is 0.266. The molecule has 0 bridgehead atoms. The highest BCUT2D eigenvalue weighted by atomic mass is 15.1. The van der Waals surface area contributed by atoms with Crippen LogP contribution in [0.3, 0.4) is 0 Å². The molecule has 0 unspecified atom stereocenters. The first kappa shape index (κ1) is 20.4. The summed E-state index contributed by atoms with van der Waals surface area (Å²) in [5, 5.41) is 0. The van der Waals surface area contributed by atoms with E-state index in [9.17, 15) is 0 Å². The minimum absolute atomic E-state index is 1.02. The zero-order valence-electron chi connectivity index (χ0n) is 17.4. The molecule has 0 fully saturated rings. The van der Waals surface area contributed by atoms with Crippen molar-refractivity contribution in [3.63, 3.8) is 0 Å². The van der Waals surface area contributed by atoms with Crippen LogP contribution in [0.4, 0.5) is 5.69 Å². The van der Waals surface area contributed by atoms with Gasteiger partial charge < -0.3 is 0 Å². The van der Waals surface area contributed by atoms with E-state index in [0.29, 0.717) is 0 Å². The fraction of sp³-hybridized carbons (Fsp3) is 0.458. The van der Waals surface area contributed by atoms with Crippen LogP contribution in [0.1, 0.15) is 61.4 Å². The van der Waals surface area contributed by atoms with Gasteiger partial charge in [0, 0.05) is 12.3 Å². The van der Waals surface area contributed by atoms with Gasteiger partial charge in [-0.2, -0.15) is 0 Å². The van der Waals surface area contributed by atoms with E-state index in [2.05, 4.69) is 82.8 Å². The molecule has 0 aliphatic heterocycles. The van der Waals surface area contributed by atoms with Crippen molar-refractivity contribution in [2.75, 3.05) is 13.1 Å². The molecule has 0 aliphatic rings. The summed E-state index contributed by atoms with van der Waals surface area (Å²) >= 11 is 0. The Hall–Kier alpha value is -1.93. The Balaban J connectivity index is 2.30. The van der Waals surface area contributed by atoms with Crippen LogP contribution in [-0.2, 0) is 6.54 Å². The van der Waals surface area contributed by atoms with Crippen LogP contribution in [0.25, 0.3) is 0 Å². The summed E-state index contributed by atoms with van der Waals surface area (Å²) in [5.74, 6) is 0. The molecule has 2 rings (SSSR count). The zero-order chi connectivity index (χ0) is 19.1. The summed E-state index contributed by atoms with van der Waals surface area (Å²) in [5.41, 5.74) is 8.57. The number of aliphatic imine (C=N–C) groups is 1. The van der Waals surface area contributed by atoms with Gasteiger partial charge in [0.1, 0.15) is 0 Å². The maximum Gasteiger partial charge on any atom is 0.0664 e. The third-order valence-corrected chi connectivity index (χ3v) is 4.83. The van der Waals surface area contributed by atoms with E-state index in [1.807, 2.05) is 0 Å². The molecule has 0 N–H and O–H groups in total. The minimum Gasteiger partial charge on any atom is -0.299 e. The minimum atomic E-state index is 1.02. The molecule has 2 heteroatoms. The molecule has 0 heterocycles. The molecule has 0 aliphatic carbocycles. The maximum absolute atomic E-state index is 4.95. The molecule has 2 aromatic rings. The van der Waals surface area contributed by atoms with Gasteiger partial charge in [-0.25, -0.2) is 0 Å². The summed E-state index contributed by atoms with van der Waals surface area (Å²) in [4.78, 5) is 7.49. The molecule has 0 amide bonds. The van der Waals surface area contributed by atoms with Gasteiger partial charge in [-0.05, 0) is 93.6 Å². The van der Waals surface area contributed by atoms with E-state index in [1.165, 1.54) is 40.7 Å². The molecular weight excluding hydrogens is 316 g/mol. The monoisotopic (exact) mass is 350 g/mol. The second-order valence-electron chi connectivity index (χ2n) is 7.41. The van der Waals surface area contributed by atoms with Gasteiger partial charge in [0.05, 0.1) is 5.69 Å². The number of nitrogens with zero attached hydrogens (tertiary/aromatic N) is 2. The predicted molar refractivity (Wildman–Crippen MR) is 115 cm³/mol. The average molecular weight is 351 g/mol. The van der Waals surface area contributed by atoms with E-state index in [4.69, 9.17) is 4.99 Å². The largest absolute Gasteiger partial charge is 0.299 e. The number of hydrogen-bond donors (Lipinski definition) is 0. The number of aryl methyl sites for hydroxylation is 3. The van der Waals surface area contributed by atoms with Crippen LogP contribution in [-0.4, -0.2) is 23.7 Å². The summed E-state index contributed by atoms with van der Waals surface area (Å²) in [6.07, 6.45) is 2.40. The predicted octanol–water partition coefficient (Wildman–Crippen LogP) is 6.37. The molecule has 0 saturated carbocycles. The first-order chi connectivity index (χ1) is 12.4. The Morgan fingerprint density at radius 3 is 2.19 bits per heavy atom. The van der Waals surface area contributed by atoms with Crippen LogP contribution in [0.5, 0.6) is 0 Å². The molecule has 2 nitrogen and oxygen atoms in total. The molecule has 0 spiro atoms. The lowest BCUT2D eigenvalue weighted by Gasteiger charge is -2.21. The third-order valence-electron chi connectivity index (χ3n) is 4.83. The summed E-state index contributed by atoms with van der Waals surface area (Å²) < 4.78 is 0. The zero-order valence-corrected chi connectivity index (χ0v) is 17.4. The van der Waals surface area contributed by atoms with Crippen molar-refractivity contribution in [1.29, 1.82) is 0 Å². The second kappa shape index (κ2) is 9.68. The smallest absolute Gasteiger partial charge is 0.0664 e. The Bertz CT molecular complexity index is 753. The van der Waals surface area contributed by atoms with Gasteiger partial charge in [0.2, 0.25) is 0 Å². The highest BCUT2D eigenvalue weighted by Gasteiger charge is 2.09. The summed E-state index contributed by atoms with van der Waals surface area (Å²) in [7, 11) is 0. The van der Waals surface area contributed by atoms with Crippen LogP contribution in [0, 0.1) is 20.8 Å². The van der Waals surface area contributed by atoms with Crippen LogP contribution in [0.15, 0.2) is 41.4 Å². The molecule has 140 valence electrons. The lowest BCUT2D eigenvalue weighted by atomic mass is 10.0. The van der Waals surface area contributed by atoms with Gasteiger partial charge in [-0.3, -0.25) is 9.89 Å². The quantitative estimate of drug-likeness (QED) is 0.505. The van der Waals surface area contributed by atoms with E-state index >= 15 is 0 Å². The number of rotatable bonds is 8. The highest BCUT2D eigenvalue weighted by Crippen LogP contribution is 2.23. The van der Waals surface area contributed by atoms with Gasteiger partial charge in [0.25, 0.3) is 0 Å². The van der Waals surface area contributed by atoms with Crippen molar-refractivity contribution < 1.29 is 0 Å². The summed E-state index contributed by atoms with van der Waals surface area (Å²) in [6.45, 7) is 16.4. The Kier molecular flexibility index (Phi) is 7.59. The molecule has 0 atom stereocenters. The van der Waals surface area contributed by atoms with Gasteiger partial charge in [-0.15, -0.1) is 0 Å². The van der Waals surface area contributed by atoms with Gasteiger partial charge in [0.15, 0.2) is 0 Å². The topological polar surface area (TPSA) is 15.6 Å². The fourth-order valence-corrected chi connectivity index (χ4v) is 3.40. The van der Waals surface area contributed by atoms with E-state index in [1.54, 1.807) is 0 Å². The van der Waals surface area contributed by atoms with Crippen molar-refractivity contribution in [2.45, 2.75) is 60.9 Å². The van der Waals surface area contributed by atoms with Gasteiger partial charge in [-0.1, -0.05) is 38.1 Å². The second-order valence-corrected chi connectivity index (χ2v) is 7.41. The lowest BCUT2D eigenvalue weighted by Crippen LogP contribution is -2.25. The average Bonchev–Trinajstić information content (AvgIpc) is 2.60. The van der Waals surface area contributed by atoms with Crippen molar-refractivity contribution in [3.8, 4) is 0 Å². The SMILES string of the molecule is CCCN(CCC)Cc1ccc(C)c(C(C)=Nc2cc(C)ccc2C)c1. The third kappa shape index (κ3) is 5.54. The maximum atomic E-state index is 4.95. The standard InChI is InChI=1S/C24H34N2/c1-7-13-26(14-8-2)17-22-12-11-19(4)23(16-22)21(6)25-24-15-18(3)9-10-20(24)5/h9-12,15-16H,7-8,13-14,17H2,1-6H3. The fourth-order valence-electron chi connectivity index (χ4n) is 3.40. The Labute approximate surface area is 160 Å². The number of benzene rings is 2. The molecule has 0 saturated heterocycles. The van der Waals surface area contributed by atoms with Gasteiger partial charge >= 0.3 is 0 Å². The molecule has 26 heavy (non-hydrogen) atoms. The molecule has 2 aromatic carbocycles. The van der Waals surface area contributed by atoms with E-state index in [0.717, 1.165) is 31.0 Å². The van der Waals surface area contributed by atoms with Crippen molar-refractivity contribution in [1.82, 2.24) is 4.90 Å². The van der Waals surface area contributed by atoms with E-state index < -0.39 is 0 Å². The van der Waals surface area contributed by atoms with Crippen LogP contribution < -0.4 is 0 Å². The first-order valence-corrected chi connectivity index (χ1v) is 9.89. The molecular formula is C24H34N2. The van der Waals surface area contributed by atoms with Crippen molar-refractivity contribution in [3.05, 3.63) is 64.2 Å². The normalized spacial score (nSPS) is 12.0. The number of hydrogen-bond acceptors (Lipinski definition) is 2. The molecule has 0 aromatic heterocycles. The highest BCUT2D eigenvalue weighted by molar-refractivity contribution is 6.01. The summed E-state index contributed by atoms with van der Waals surface area (Å²) in [6, 6.07) is 13.3. The Morgan fingerprint density at radius 1 is 0.885 bits per heavy atom. The Morgan fingerprint density at radius 2 is 1.54 bits per heavy atom. The molecule has 0 radical (unpaired) electrons. The van der Waals surface area contributed by atoms with Crippen molar-refractivity contribution >= 4 is 11.4 Å². The van der Waals surface area contributed by atoms with Crippen LogP contribution >= 0.6 is 0 Å².